The van der Waals surface area contributed by atoms with Crippen molar-refractivity contribution >= 4 is 56.5 Å². The van der Waals surface area contributed by atoms with Crippen molar-refractivity contribution in [3.8, 4) is 0 Å². The number of carbonyl (C=O) groups excluding carboxylic acids is 1. The van der Waals surface area contributed by atoms with Crippen LogP contribution in [0.1, 0.15) is 10.5 Å². The lowest BCUT2D eigenvalue weighted by Crippen LogP contribution is -2.13. The van der Waals surface area contributed by atoms with Gasteiger partial charge in [-0.1, -0.05) is 34.4 Å². The first-order valence-corrected chi connectivity index (χ1v) is 6.60. The SMILES string of the molecule is O=C(Nc1c(Cl)cccc1Cl)c1n[nH]c([N+](=O)[O-])c1Br. The summed E-state index contributed by atoms with van der Waals surface area (Å²) in [5, 5.41) is 19.3. The van der Waals surface area contributed by atoms with Crippen LogP contribution in [0.5, 0.6) is 0 Å². The summed E-state index contributed by atoms with van der Waals surface area (Å²) >= 11 is 14.8. The topological polar surface area (TPSA) is 101 Å². The quantitative estimate of drug-likeness (QED) is 0.627. The summed E-state index contributed by atoms with van der Waals surface area (Å²) in [6.07, 6.45) is 0. The molecule has 2 aromatic rings. The number of rotatable bonds is 3. The number of anilines is 1. The van der Waals surface area contributed by atoms with Gasteiger partial charge in [0.05, 0.1) is 15.7 Å². The second-order valence-corrected chi connectivity index (χ2v) is 5.15. The molecule has 20 heavy (non-hydrogen) atoms. The van der Waals surface area contributed by atoms with Gasteiger partial charge in [-0.3, -0.25) is 4.79 Å². The lowest BCUT2D eigenvalue weighted by atomic mass is 10.3. The molecule has 0 bridgehead atoms. The number of nitrogens with one attached hydrogen (secondary N) is 2. The highest BCUT2D eigenvalue weighted by Gasteiger charge is 2.25. The summed E-state index contributed by atoms with van der Waals surface area (Å²) in [6.45, 7) is 0. The van der Waals surface area contributed by atoms with Crippen LogP contribution in [0, 0.1) is 10.1 Å². The monoisotopic (exact) mass is 378 g/mol. The number of nitro groups is 1. The molecule has 104 valence electrons. The van der Waals surface area contributed by atoms with Gasteiger partial charge in [0.25, 0.3) is 5.91 Å². The van der Waals surface area contributed by atoms with Gasteiger partial charge >= 0.3 is 5.82 Å². The van der Waals surface area contributed by atoms with E-state index in [1.165, 1.54) is 0 Å². The lowest BCUT2D eigenvalue weighted by molar-refractivity contribution is -0.390. The smallest absolute Gasteiger partial charge is 0.357 e. The van der Waals surface area contributed by atoms with E-state index < -0.39 is 16.6 Å². The molecule has 7 nitrogen and oxygen atoms in total. The van der Waals surface area contributed by atoms with Crippen LogP contribution in [0.2, 0.25) is 10.0 Å². The van der Waals surface area contributed by atoms with Gasteiger partial charge < -0.3 is 15.4 Å². The predicted octanol–water partition coefficient (Wildman–Crippen LogP) is 3.64. The maximum Gasteiger partial charge on any atom is 0.357 e. The van der Waals surface area contributed by atoms with Gasteiger partial charge in [0, 0.05) is 0 Å². The fourth-order valence-electron chi connectivity index (χ4n) is 1.38. The third kappa shape index (κ3) is 2.77. The standard InChI is InChI=1S/C10H5BrCl2N4O3/c11-6-8(15-16-9(6)17(19)20)10(18)14-7-4(12)2-1-3-5(7)13/h1-3H,(H,14,18)(H,15,16). The van der Waals surface area contributed by atoms with Crippen molar-refractivity contribution in [2.75, 3.05) is 5.32 Å². The van der Waals surface area contributed by atoms with E-state index in [2.05, 4.69) is 31.4 Å². The van der Waals surface area contributed by atoms with E-state index in [1.54, 1.807) is 18.2 Å². The number of halogens is 3. The van der Waals surface area contributed by atoms with E-state index in [0.29, 0.717) is 0 Å². The van der Waals surface area contributed by atoms with E-state index >= 15 is 0 Å². The minimum absolute atomic E-state index is 0.0526. The molecule has 0 saturated carbocycles. The van der Waals surface area contributed by atoms with Gasteiger partial charge in [0.15, 0.2) is 5.69 Å². The number of hydrogen-bond acceptors (Lipinski definition) is 4. The van der Waals surface area contributed by atoms with E-state index in [4.69, 9.17) is 23.2 Å². The Balaban J connectivity index is 2.32. The molecule has 0 aliphatic rings. The molecule has 0 radical (unpaired) electrons. The highest BCUT2D eigenvalue weighted by molar-refractivity contribution is 9.10. The van der Waals surface area contributed by atoms with Crippen LogP contribution in [-0.4, -0.2) is 21.0 Å². The molecule has 0 aliphatic heterocycles. The molecule has 1 aromatic carbocycles. The molecule has 2 rings (SSSR count). The molecular weight excluding hydrogens is 375 g/mol. The largest absolute Gasteiger partial charge is 0.358 e. The summed E-state index contributed by atoms with van der Waals surface area (Å²) < 4.78 is -0.0526. The summed E-state index contributed by atoms with van der Waals surface area (Å²) in [5.41, 5.74) is 0.0334. The first-order valence-electron chi connectivity index (χ1n) is 5.05. The second kappa shape index (κ2) is 5.78. The first-order chi connectivity index (χ1) is 9.41. The maximum absolute atomic E-state index is 12.0. The molecule has 2 N–H and O–H groups in total. The zero-order valence-corrected chi connectivity index (χ0v) is 12.6. The fraction of sp³-hybridized carbons (Fsp3) is 0. The van der Waals surface area contributed by atoms with Gasteiger partial charge in [0.1, 0.15) is 4.47 Å². The molecular formula is C10H5BrCl2N4O3. The number of para-hydroxylation sites is 1. The molecule has 1 heterocycles. The molecule has 0 saturated heterocycles. The third-order valence-electron chi connectivity index (χ3n) is 2.29. The van der Waals surface area contributed by atoms with E-state index in [0.717, 1.165) is 0 Å². The Hall–Kier alpha value is -1.64. The van der Waals surface area contributed by atoms with Crippen LogP contribution in [0.15, 0.2) is 22.7 Å². The maximum atomic E-state index is 12.0. The Kier molecular flexibility index (Phi) is 4.26. The summed E-state index contributed by atoms with van der Waals surface area (Å²) in [4.78, 5) is 22.0. The Morgan fingerprint density at radius 3 is 2.50 bits per heavy atom. The molecule has 0 atom stereocenters. The van der Waals surface area contributed by atoms with Gasteiger partial charge in [-0.15, -0.1) is 5.10 Å². The highest BCUT2D eigenvalue weighted by atomic mass is 79.9. The number of H-pyrrole nitrogens is 1. The highest BCUT2D eigenvalue weighted by Crippen LogP contribution is 2.31. The summed E-state index contributed by atoms with van der Waals surface area (Å²) in [7, 11) is 0. The first kappa shape index (κ1) is 14.8. The molecule has 0 fully saturated rings. The van der Waals surface area contributed by atoms with Crippen molar-refractivity contribution < 1.29 is 9.72 Å². The van der Waals surface area contributed by atoms with Crippen LogP contribution in [-0.2, 0) is 0 Å². The lowest BCUT2D eigenvalue weighted by Gasteiger charge is -2.07. The van der Waals surface area contributed by atoms with E-state index in [-0.39, 0.29) is 25.9 Å². The van der Waals surface area contributed by atoms with E-state index in [1.807, 2.05) is 0 Å². The van der Waals surface area contributed by atoms with Gasteiger partial charge in [-0.2, -0.15) is 0 Å². The zero-order valence-electron chi connectivity index (χ0n) is 9.49. The zero-order chi connectivity index (χ0) is 14.9. The van der Waals surface area contributed by atoms with Crippen LogP contribution in [0.25, 0.3) is 0 Å². The van der Waals surface area contributed by atoms with Crippen molar-refractivity contribution in [2.45, 2.75) is 0 Å². The van der Waals surface area contributed by atoms with Crippen LogP contribution < -0.4 is 5.32 Å². The van der Waals surface area contributed by atoms with Crippen LogP contribution >= 0.6 is 39.1 Å². The molecule has 0 unspecified atom stereocenters. The van der Waals surface area contributed by atoms with Crippen molar-refractivity contribution in [1.29, 1.82) is 0 Å². The predicted molar refractivity (Wildman–Crippen MR) is 77.4 cm³/mol. The molecule has 1 amide bonds. The number of aromatic nitrogens is 2. The number of benzene rings is 1. The minimum Gasteiger partial charge on any atom is -0.358 e. The van der Waals surface area contributed by atoms with Crippen LogP contribution in [0.3, 0.4) is 0 Å². The molecule has 0 spiro atoms. The van der Waals surface area contributed by atoms with Gasteiger partial charge in [-0.25, -0.2) is 0 Å². The number of carbonyl (C=O) groups is 1. The van der Waals surface area contributed by atoms with Crippen molar-refractivity contribution in [3.63, 3.8) is 0 Å². The normalized spacial score (nSPS) is 10.3. The van der Waals surface area contributed by atoms with E-state index in [9.17, 15) is 14.9 Å². The summed E-state index contributed by atoms with van der Waals surface area (Å²) in [6, 6.07) is 4.71. The molecule has 0 aliphatic carbocycles. The number of amides is 1. The molecule has 10 heteroatoms. The second-order valence-electron chi connectivity index (χ2n) is 3.54. The Labute approximate surface area is 130 Å². The van der Waals surface area contributed by atoms with Crippen molar-refractivity contribution in [1.82, 2.24) is 10.2 Å². The third-order valence-corrected chi connectivity index (χ3v) is 3.67. The number of aromatic amines is 1. The minimum atomic E-state index is -0.698. The number of nitrogens with zero attached hydrogens (tertiary/aromatic N) is 2. The summed E-state index contributed by atoms with van der Waals surface area (Å²) in [5.74, 6) is -1.10. The average Bonchev–Trinajstić information content (AvgIpc) is 2.76. The van der Waals surface area contributed by atoms with Crippen LogP contribution in [0.4, 0.5) is 11.5 Å². The number of hydrogen-bond donors (Lipinski definition) is 2. The Morgan fingerprint density at radius 1 is 1.40 bits per heavy atom. The van der Waals surface area contributed by atoms with Crippen molar-refractivity contribution in [2.24, 2.45) is 0 Å². The fourth-order valence-corrected chi connectivity index (χ4v) is 2.37. The molecule has 1 aromatic heterocycles. The van der Waals surface area contributed by atoms with Gasteiger partial charge in [0.2, 0.25) is 0 Å². The van der Waals surface area contributed by atoms with Gasteiger partial charge in [-0.05, 0) is 33.0 Å². The Bertz CT molecular complexity index is 684. The average molecular weight is 380 g/mol. The Morgan fingerprint density at radius 2 is 2.00 bits per heavy atom. The van der Waals surface area contributed by atoms with Crippen molar-refractivity contribution in [3.05, 3.63) is 48.5 Å².